The molecule has 20 heavy (non-hydrogen) atoms. The zero-order valence-electron chi connectivity index (χ0n) is 11.9. The Kier molecular flexibility index (Phi) is 2.72. The third kappa shape index (κ3) is 1.81. The Labute approximate surface area is 119 Å². The van der Waals surface area contributed by atoms with Crippen molar-refractivity contribution in [1.82, 2.24) is 5.06 Å². The highest BCUT2D eigenvalue weighted by Gasteiger charge is 2.22. The molecule has 1 saturated heterocycles. The Morgan fingerprint density at radius 3 is 2.55 bits per heavy atom. The van der Waals surface area contributed by atoms with Crippen LogP contribution in [-0.4, -0.2) is 23.4 Å². The molecular weight excluding hydrogens is 248 g/mol. The lowest BCUT2D eigenvalue weighted by molar-refractivity contribution is -0.109. The number of hydrogen-bond acceptors (Lipinski definition) is 3. The first-order valence-corrected chi connectivity index (χ1v) is 7.46. The van der Waals surface area contributed by atoms with E-state index >= 15 is 0 Å². The molecule has 0 unspecified atom stereocenters. The van der Waals surface area contributed by atoms with Crippen LogP contribution >= 0.6 is 0 Å². The van der Waals surface area contributed by atoms with Gasteiger partial charge in [-0.05, 0) is 48.4 Å². The van der Waals surface area contributed by atoms with Gasteiger partial charge in [0.25, 0.3) is 0 Å². The van der Waals surface area contributed by atoms with Gasteiger partial charge in [0.1, 0.15) is 0 Å². The van der Waals surface area contributed by atoms with Crippen LogP contribution in [-0.2, 0) is 13.1 Å². The summed E-state index contributed by atoms with van der Waals surface area (Å²) in [5, 5.41) is 14.0. The summed E-state index contributed by atoms with van der Waals surface area (Å²) in [5.41, 5.74) is 5.15. The number of rotatable bonds is 1. The Morgan fingerprint density at radius 2 is 1.75 bits per heavy atom. The second kappa shape index (κ2) is 4.47. The third-order valence-electron chi connectivity index (χ3n) is 4.56. The highest BCUT2D eigenvalue weighted by molar-refractivity contribution is 5.99. The molecule has 0 spiro atoms. The van der Waals surface area contributed by atoms with Crippen LogP contribution in [0.1, 0.15) is 29.5 Å². The molecule has 0 atom stereocenters. The molecule has 1 fully saturated rings. The summed E-state index contributed by atoms with van der Waals surface area (Å²) < 4.78 is 0. The second-order valence-electron chi connectivity index (χ2n) is 6.11. The zero-order chi connectivity index (χ0) is 13.7. The minimum atomic E-state index is 0.632. The van der Waals surface area contributed by atoms with Crippen molar-refractivity contribution in [2.45, 2.75) is 32.9 Å². The van der Waals surface area contributed by atoms with Crippen LogP contribution in [0.15, 0.2) is 24.3 Å². The largest absolute Gasteiger partial charge is 0.371 e. The predicted octanol–water partition coefficient (Wildman–Crippen LogP) is 3.45. The van der Waals surface area contributed by atoms with Gasteiger partial charge in [-0.3, -0.25) is 0 Å². The summed E-state index contributed by atoms with van der Waals surface area (Å²) in [6, 6.07) is 8.95. The Bertz CT molecular complexity index is 674. The minimum absolute atomic E-state index is 0.632. The van der Waals surface area contributed by atoms with Gasteiger partial charge >= 0.3 is 0 Å². The van der Waals surface area contributed by atoms with Gasteiger partial charge in [0.05, 0.1) is 0 Å². The first kappa shape index (κ1) is 12.2. The fourth-order valence-electron chi connectivity index (χ4n) is 3.73. The molecule has 0 radical (unpaired) electrons. The van der Waals surface area contributed by atoms with E-state index in [0.717, 1.165) is 0 Å². The van der Waals surface area contributed by atoms with Crippen molar-refractivity contribution < 1.29 is 5.21 Å². The first-order valence-electron chi connectivity index (χ1n) is 7.46. The summed E-state index contributed by atoms with van der Waals surface area (Å²) in [7, 11) is 0. The van der Waals surface area contributed by atoms with E-state index in [2.05, 4.69) is 36.1 Å². The lowest BCUT2D eigenvalue weighted by Gasteiger charge is -2.28. The second-order valence-corrected chi connectivity index (χ2v) is 6.11. The maximum atomic E-state index is 9.90. The number of nitrogens with zero attached hydrogens (tertiary/aromatic N) is 2. The van der Waals surface area contributed by atoms with Gasteiger partial charge in [-0.2, -0.15) is 5.06 Å². The van der Waals surface area contributed by atoms with Gasteiger partial charge < -0.3 is 10.1 Å². The summed E-state index contributed by atoms with van der Waals surface area (Å²) in [4.78, 5) is 2.51. The average molecular weight is 268 g/mol. The van der Waals surface area contributed by atoms with Crippen LogP contribution < -0.4 is 4.90 Å². The summed E-state index contributed by atoms with van der Waals surface area (Å²) >= 11 is 0. The van der Waals surface area contributed by atoms with E-state index in [9.17, 15) is 5.21 Å². The van der Waals surface area contributed by atoms with Crippen LogP contribution in [0, 0.1) is 6.92 Å². The van der Waals surface area contributed by atoms with Crippen molar-refractivity contribution in [2.24, 2.45) is 0 Å². The van der Waals surface area contributed by atoms with Crippen LogP contribution in [0.4, 0.5) is 5.69 Å². The Morgan fingerprint density at radius 1 is 1.00 bits per heavy atom. The number of anilines is 1. The molecule has 1 N–H and O–H groups in total. The molecule has 0 bridgehead atoms. The van der Waals surface area contributed by atoms with Crippen LogP contribution in [0.3, 0.4) is 0 Å². The number of benzene rings is 2. The van der Waals surface area contributed by atoms with Crippen molar-refractivity contribution in [3.8, 4) is 0 Å². The van der Waals surface area contributed by atoms with Gasteiger partial charge in [-0.25, -0.2) is 0 Å². The minimum Gasteiger partial charge on any atom is -0.371 e. The van der Waals surface area contributed by atoms with E-state index in [-0.39, 0.29) is 0 Å². The molecule has 2 aromatic rings. The number of aryl methyl sites for hydroxylation is 1. The molecule has 0 aromatic heterocycles. The lowest BCUT2D eigenvalue weighted by atomic mass is 9.93. The number of hydroxylamine groups is 2. The normalized spacial score (nSPS) is 19.0. The molecule has 3 nitrogen and oxygen atoms in total. The van der Waals surface area contributed by atoms with Crippen molar-refractivity contribution in [3.05, 3.63) is 41.0 Å². The smallest absolute Gasteiger partial charge is 0.0498 e. The van der Waals surface area contributed by atoms with E-state index in [1.165, 1.54) is 64.1 Å². The predicted molar refractivity (Wildman–Crippen MR) is 81.2 cm³/mol. The number of hydrogen-bond donors (Lipinski definition) is 1. The molecule has 0 aliphatic carbocycles. The first-order chi connectivity index (χ1) is 9.72. The standard InChI is InChI=1S/C17H20N2O/c1-12-8-14-11-19(20)10-13-4-5-16(15(9-12)17(13)14)18-6-2-3-7-18/h4-5,8-9,20H,2-3,6-7,10-11H2,1H3. The maximum Gasteiger partial charge on any atom is 0.0498 e. The van der Waals surface area contributed by atoms with Gasteiger partial charge in [-0.15, -0.1) is 0 Å². The highest BCUT2D eigenvalue weighted by Crippen LogP contribution is 2.37. The third-order valence-corrected chi connectivity index (χ3v) is 4.56. The summed E-state index contributed by atoms with van der Waals surface area (Å²) in [5.74, 6) is 0. The van der Waals surface area contributed by atoms with Crippen molar-refractivity contribution >= 4 is 16.5 Å². The van der Waals surface area contributed by atoms with E-state index in [4.69, 9.17) is 0 Å². The molecule has 2 aromatic carbocycles. The summed E-state index contributed by atoms with van der Waals surface area (Å²) in [6.07, 6.45) is 2.60. The van der Waals surface area contributed by atoms with E-state index < -0.39 is 0 Å². The molecule has 2 aliphatic heterocycles. The molecule has 2 heterocycles. The Balaban J connectivity index is 1.98. The SMILES string of the molecule is Cc1cc2c3c(ccc(N4CCCC4)c3c1)CN(O)C2. The zero-order valence-corrected chi connectivity index (χ0v) is 11.9. The van der Waals surface area contributed by atoms with Crippen molar-refractivity contribution in [1.29, 1.82) is 0 Å². The molecule has 3 heteroatoms. The van der Waals surface area contributed by atoms with Crippen LogP contribution in [0.5, 0.6) is 0 Å². The molecular formula is C17H20N2O. The maximum absolute atomic E-state index is 9.90. The van der Waals surface area contributed by atoms with Gasteiger partial charge in [-0.1, -0.05) is 17.7 Å². The molecule has 0 amide bonds. The molecule has 0 saturated carbocycles. The van der Waals surface area contributed by atoms with E-state index in [0.29, 0.717) is 13.1 Å². The monoisotopic (exact) mass is 268 g/mol. The van der Waals surface area contributed by atoms with E-state index in [1.54, 1.807) is 0 Å². The highest BCUT2D eigenvalue weighted by atomic mass is 16.5. The average Bonchev–Trinajstić information content (AvgIpc) is 2.91. The van der Waals surface area contributed by atoms with Crippen molar-refractivity contribution in [2.75, 3.05) is 18.0 Å². The molecule has 2 aliphatic rings. The van der Waals surface area contributed by atoms with Gasteiger partial charge in [0.15, 0.2) is 0 Å². The molecule has 104 valence electrons. The lowest BCUT2D eigenvalue weighted by Crippen LogP contribution is -2.24. The van der Waals surface area contributed by atoms with Crippen molar-refractivity contribution in [3.63, 3.8) is 0 Å². The quantitative estimate of drug-likeness (QED) is 0.858. The summed E-state index contributed by atoms with van der Waals surface area (Å²) in [6.45, 7) is 5.75. The fraction of sp³-hybridized carbons (Fsp3) is 0.412. The van der Waals surface area contributed by atoms with E-state index in [1.807, 2.05) is 0 Å². The van der Waals surface area contributed by atoms with Crippen LogP contribution in [0.25, 0.3) is 10.8 Å². The molecule has 4 rings (SSSR count). The Hall–Kier alpha value is -1.58. The topological polar surface area (TPSA) is 26.7 Å². The van der Waals surface area contributed by atoms with Crippen LogP contribution in [0.2, 0.25) is 0 Å². The van der Waals surface area contributed by atoms with Gasteiger partial charge in [0, 0.05) is 37.3 Å². The fourth-order valence-corrected chi connectivity index (χ4v) is 3.73. The van der Waals surface area contributed by atoms with Gasteiger partial charge in [0.2, 0.25) is 0 Å².